The van der Waals surface area contributed by atoms with Crippen LogP contribution in [0, 0.1) is 0 Å². The van der Waals surface area contributed by atoms with Gasteiger partial charge >= 0.3 is 5.97 Å². The van der Waals surface area contributed by atoms with E-state index in [1.54, 1.807) is 6.08 Å². The lowest BCUT2D eigenvalue weighted by molar-refractivity contribution is -0.148. The van der Waals surface area contributed by atoms with Crippen molar-refractivity contribution in [1.29, 1.82) is 0 Å². The molecule has 17 heavy (non-hydrogen) atoms. The van der Waals surface area contributed by atoms with Crippen LogP contribution < -0.4 is 0 Å². The molecule has 0 spiro atoms. The maximum Gasteiger partial charge on any atom is 0.331 e. The highest BCUT2D eigenvalue weighted by Gasteiger charge is 2.13. The highest BCUT2D eigenvalue weighted by molar-refractivity contribution is 9.08. The summed E-state index contributed by atoms with van der Waals surface area (Å²) >= 11 is 3.33. The highest BCUT2D eigenvalue weighted by Crippen LogP contribution is 2.09. The number of hydrogen-bond acceptors (Lipinski definition) is 3. The smallest absolute Gasteiger partial charge is 0.331 e. The molecule has 0 bridgehead atoms. The van der Waals surface area contributed by atoms with Gasteiger partial charge in [0.2, 0.25) is 0 Å². The third kappa shape index (κ3) is 5.63. The van der Waals surface area contributed by atoms with Crippen LogP contribution >= 0.6 is 15.9 Å². The number of esters is 1. The molecule has 0 amide bonds. The van der Waals surface area contributed by atoms with E-state index in [-0.39, 0.29) is 5.97 Å². The zero-order valence-corrected chi connectivity index (χ0v) is 11.8. The van der Waals surface area contributed by atoms with E-state index < -0.39 is 5.60 Å². The highest BCUT2D eigenvalue weighted by atomic mass is 79.9. The summed E-state index contributed by atoms with van der Waals surface area (Å²) in [6, 6.07) is 5.66. The predicted octanol–water partition coefficient (Wildman–Crippen LogP) is 3.33. The molecule has 0 aliphatic heterocycles. The van der Waals surface area contributed by atoms with Gasteiger partial charge in [-0.05, 0) is 39.0 Å². The van der Waals surface area contributed by atoms with E-state index in [9.17, 15) is 4.79 Å². The van der Waals surface area contributed by atoms with Crippen molar-refractivity contribution in [3.8, 4) is 0 Å². The molecule has 0 atom stereocenters. The number of carbonyl (C=O) groups is 1. The van der Waals surface area contributed by atoms with E-state index in [1.807, 2.05) is 39.0 Å². The van der Waals surface area contributed by atoms with Crippen LogP contribution in [0.2, 0.25) is 0 Å². The Hall–Kier alpha value is -1.16. The molecule has 1 heterocycles. The summed E-state index contributed by atoms with van der Waals surface area (Å²) in [5.74, 6) is -0.358. The number of nitrogens with zero attached hydrogens (tertiary/aromatic N) is 1. The van der Waals surface area contributed by atoms with Crippen LogP contribution in [-0.4, -0.2) is 16.6 Å². The fourth-order valence-electron chi connectivity index (χ4n) is 1.15. The molecule has 4 heteroatoms. The van der Waals surface area contributed by atoms with Crippen LogP contribution in [0.1, 0.15) is 32.2 Å². The Morgan fingerprint density at radius 1 is 1.47 bits per heavy atom. The van der Waals surface area contributed by atoms with Crippen LogP contribution in [0.4, 0.5) is 0 Å². The first-order valence-electron chi connectivity index (χ1n) is 5.34. The van der Waals surface area contributed by atoms with Gasteiger partial charge in [0.05, 0.1) is 11.4 Å². The Bertz CT molecular complexity index is 422. The van der Waals surface area contributed by atoms with E-state index in [2.05, 4.69) is 20.9 Å². The predicted molar refractivity (Wildman–Crippen MR) is 71.7 cm³/mol. The molecule has 0 fully saturated rings. The quantitative estimate of drug-likeness (QED) is 0.488. The van der Waals surface area contributed by atoms with Crippen molar-refractivity contribution in [2.24, 2.45) is 0 Å². The summed E-state index contributed by atoms with van der Waals surface area (Å²) in [5, 5.41) is 0.696. The second-order valence-electron chi connectivity index (χ2n) is 4.55. The summed E-state index contributed by atoms with van der Waals surface area (Å²) in [4.78, 5) is 15.8. The lowest BCUT2D eigenvalue weighted by Crippen LogP contribution is -2.22. The van der Waals surface area contributed by atoms with Gasteiger partial charge in [0.1, 0.15) is 5.60 Å². The summed E-state index contributed by atoms with van der Waals surface area (Å²) in [6.45, 7) is 5.51. The normalized spacial score (nSPS) is 11.8. The lowest BCUT2D eigenvalue weighted by Gasteiger charge is -2.17. The summed E-state index contributed by atoms with van der Waals surface area (Å²) in [6.07, 6.45) is 3.05. The summed E-state index contributed by atoms with van der Waals surface area (Å²) in [7, 11) is 0. The molecule has 1 rings (SSSR count). The third-order valence-corrected chi connectivity index (χ3v) is 2.34. The molecule has 1 aromatic heterocycles. The number of rotatable bonds is 3. The van der Waals surface area contributed by atoms with Gasteiger partial charge in [-0.1, -0.05) is 22.0 Å². The van der Waals surface area contributed by atoms with Crippen LogP contribution in [-0.2, 0) is 14.9 Å². The zero-order chi connectivity index (χ0) is 12.9. The molecule has 0 saturated carbocycles. The molecule has 0 saturated heterocycles. The number of alkyl halides is 1. The largest absolute Gasteiger partial charge is 0.457 e. The van der Waals surface area contributed by atoms with Crippen molar-refractivity contribution < 1.29 is 9.53 Å². The maximum absolute atomic E-state index is 11.4. The SMILES string of the molecule is CC(C)(C)OC(=O)C=Cc1cccc(CBr)n1. The molecule has 0 N–H and O–H groups in total. The molecule has 3 nitrogen and oxygen atoms in total. The Kier molecular flexibility index (Phi) is 4.87. The Labute approximate surface area is 110 Å². The Morgan fingerprint density at radius 2 is 2.18 bits per heavy atom. The van der Waals surface area contributed by atoms with E-state index in [0.717, 1.165) is 11.4 Å². The maximum atomic E-state index is 11.4. The number of carbonyl (C=O) groups excluding carboxylic acids is 1. The van der Waals surface area contributed by atoms with E-state index in [4.69, 9.17) is 4.74 Å². The van der Waals surface area contributed by atoms with Crippen molar-refractivity contribution in [2.45, 2.75) is 31.7 Å². The standard InChI is InChI=1S/C13H16BrNO2/c1-13(2,3)17-12(16)8-7-10-5-4-6-11(9-14)15-10/h4-8H,9H2,1-3H3. The van der Waals surface area contributed by atoms with Crippen molar-refractivity contribution in [3.05, 3.63) is 35.7 Å². The fourth-order valence-corrected chi connectivity index (χ4v) is 1.47. The first-order valence-corrected chi connectivity index (χ1v) is 6.46. The minimum atomic E-state index is -0.466. The Morgan fingerprint density at radius 3 is 2.76 bits per heavy atom. The molecule has 0 aromatic carbocycles. The Balaban J connectivity index is 2.67. The van der Waals surface area contributed by atoms with Crippen molar-refractivity contribution >= 4 is 28.0 Å². The van der Waals surface area contributed by atoms with E-state index in [0.29, 0.717) is 5.33 Å². The molecule has 0 aliphatic rings. The number of halogens is 1. The van der Waals surface area contributed by atoms with Gasteiger partial charge in [0, 0.05) is 11.4 Å². The van der Waals surface area contributed by atoms with Crippen LogP contribution in [0.5, 0.6) is 0 Å². The van der Waals surface area contributed by atoms with Crippen molar-refractivity contribution in [1.82, 2.24) is 4.98 Å². The second-order valence-corrected chi connectivity index (χ2v) is 5.11. The van der Waals surface area contributed by atoms with Gasteiger partial charge in [-0.2, -0.15) is 0 Å². The molecular formula is C13H16BrNO2. The molecular weight excluding hydrogens is 282 g/mol. The van der Waals surface area contributed by atoms with Crippen molar-refractivity contribution in [3.63, 3.8) is 0 Å². The second kappa shape index (κ2) is 5.96. The first kappa shape index (κ1) is 13.9. The van der Waals surface area contributed by atoms with Gasteiger partial charge in [-0.15, -0.1) is 0 Å². The van der Waals surface area contributed by atoms with Gasteiger partial charge in [0.15, 0.2) is 0 Å². The van der Waals surface area contributed by atoms with Gasteiger partial charge in [0.25, 0.3) is 0 Å². The molecule has 1 aromatic rings. The zero-order valence-electron chi connectivity index (χ0n) is 10.2. The van der Waals surface area contributed by atoms with E-state index >= 15 is 0 Å². The minimum Gasteiger partial charge on any atom is -0.457 e. The summed E-state index contributed by atoms with van der Waals surface area (Å²) in [5.41, 5.74) is 1.20. The number of pyridine rings is 1. The van der Waals surface area contributed by atoms with Crippen LogP contribution in [0.25, 0.3) is 6.08 Å². The molecule has 0 unspecified atom stereocenters. The first-order chi connectivity index (χ1) is 7.90. The minimum absolute atomic E-state index is 0.358. The number of hydrogen-bond donors (Lipinski definition) is 0. The fraction of sp³-hybridized carbons (Fsp3) is 0.385. The van der Waals surface area contributed by atoms with Gasteiger partial charge in [-0.25, -0.2) is 4.79 Å². The topological polar surface area (TPSA) is 39.2 Å². The summed E-state index contributed by atoms with van der Waals surface area (Å²) < 4.78 is 5.15. The van der Waals surface area contributed by atoms with Crippen LogP contribution in [0.15, 0.2) is 24.3 Å². The van der Waals surface area contributed by atoms with Gasteiger partial charge < -0.3 is 4.74 Å². The molecule has 0 radical (unpaired) electrons. The molecule has 0 aliphatic carbocycles. The number of ether oxygens (including phenoxy) is 1. The third-order valence-electron chi connectivity index (χ3n) is 1.76. The molecule has 92 valence electrons. The van der Waals surface area contributed by atoms with Crippen molar-refractivity contribution in [2.75, 3.05) is 0 Å². The monoisotopic (exact) mass is 297 g/mol. The van der Waals surface area contributed by atoms with Crippen LogP contribution in [0.3, 0.4) is 0 Å². The number of aromatic nitrogens is 1. The van der Waals surface area contributed by atoms with E-state index in [1.165, 1.54) is 6.08 Å². The van der Waals surface area contributed by atoms with Gasteiger partial charge in [-0.3, -0.25) is 4.98 Å². The average Bonchev–Trinajstić information content (AvgIpc) is 2.24. The lowest BCUT2D eigenvalue weighted by atomic mass is 10.2. The average molecular weight is 298 g/mol.